The first kappa shape index (κ1) is 24.8. The number of carbonyl (C=O) groups excluding carboxylic acids is 1. The first-order valence-corrected chi connectivity index (χ1v) is 12.8. The minimum Gasteiger partial charge on any atom is -0.444 e. The number of hydrogen-bond donors (Lipinski definition) is 2. The molecule has 2 N–H and O–H groups in total. The van der Waals surface area contributed by atoms with Gasteiger partial charge in [0.15, 0.2) is 5.37 Å². The second-order valence-electron chi connectivity index (χ2n) is 8.46. The van der Waals surface area contributed by atoms with E-state index in [0.29, 0.717) is 29.5 Å². The molecule has 4 heterocycles. The summed E-state index contributed by atoms with van der Waals surface area (Å²) in [6.07, 6.45) is 0.783. The van der Waals surface area contributed by atoms with Gasteiger partial charge < -0.3 is 15.1 Å². The number of nitrogens with one attached hydrogen (secondary N) is 2. The Balaban J connectivity index is 1.55. The van der Waals surface area contributed by atoms with Crippen LogP contribution in [0.5, 0.6) is 0 Å². The SMILES string of the molecule is O=C(N[C@H](c1cc(-c2ccc(C(F)(F)F)cc2)ncn1)S(=O)(=O)c1cc2cnccc2o1)C1CCCN1. The zero-order chi connectivity index (χ0) is 26.2. The number of sulfone groups is 1. The van der Waals surface area contributed by atoms with Crippen LogP contribution in [0.1, 0.15) is 29.5 Å². The molecule has 4 aromatic rings. The van der Waals surface area contributed by atoms with Crippen LogP contribution in [0.4, 0.5) is 13.2 Å². The van der Waals surface area contributed by atoms with Crippen LogP contribution in [-0.2, 0) is 20.8 Å². The van der Waals surface area contributed by atoms with Crippen LogP contribution in [0.3, 0.4) is 0 Å². The van der Waals surface area contributed by atoms with Crippen molar-refractivity contribution in [1.29, 1.82) is 0 Å². The molecule has 2 atom stereocenters. The van der Waals surface area contributed by atoms with Gasteiger partial charge in [-0.3, -0.25) is 9.78 Å². The van der Waals surface area contributed by atoms with Crippen molar-refractivity contribution in [2.45, 2.75) is 35.5 Å². The second-order valence-corrected chi connectivity index (χ2v) is 10.4. The fourth-order valence-corrected chi connectivity index (χ4v) is 5.52. The number of pyridine rings is 1. The average Bonchev–Trinajstić information content (AvgIpc) is 3.57. The highest BCUT2D eigenvalue weighted by atomic mass is 32.2. The monoisotopic (exact) mass is 531 g/mol. The molecule has 0 spiro atoms. The third-order valence-electron chi connectivity index (χ3n) is 6.00. The van der Waals surface area contributed by atoms with E-state index in [1.54, 1.807) is 0 Å². The fraction of sp³-hybridized carbons (Fsp3) is 0.250. The topological polar surface area (TPSA) is 127 Å². The van der Waals surface area contributed by atoms with Gasteiger partial charge in [0.2, 0.25) is 20.8 Å². The van der Waals surface area contributed by atoms with E-state index in [9.17, 15) is 26.4 Å². The lowest BCUT2D eigenvalue weighted by Gasteiger charge is -2.20. The molecule has 0 radical (unpaired) electrons. The Morgan fingerprint density at radius 2 is 1.92 bits per heavy atom. The van der Waals surface area contributed by atoms with Crippen LogP contribution in [0.25, 0.3) is 22.2 Å². The number of halogens is 3. The summed E-state index contributed by atoms with van der Waals surface area (Å²) in [6, 6.07) is 7.83. The van der Waals surface area contributed by atoms with Gasteiger partial charge in [-0.05, 0) is 43.7 Å². The summed E-state index contributed by atoms with van der Waals surface area (Å²) in [4.78, 5) is 25.1. The predicted molar refractivity (Wildman–Crippen MR) is 126 cm³/mol. The van der Waals surface area contributed by atoms with Gasteiger partial charge in [0, 0.05) is 29.4 Å². The molecule has 192 valence electrons. The maximum Gasteiger partial charge on any atom is 0.416 e. The Hall–Kier alpha value is -3.84. The van der Waals surface area contributed by atoms with Gasteiger partial charge in [0.1, 0.15) is 11.9 Å². The molecule has 3 aromatic heterocycles. The summed E-state index contributed by atoms with van der Waals surface area (Å²) in [5, 5.41) is 3.99. The zero-order valence-electron chi connectivity index (χ0n) is 19.1. The number of fused-ring (bicyclic) bond motifs is 1. The van der Waals surface area contributed by atoms with Crippen molar-refractivity contribution in [2.75, 3.05) is 6.54 Å². The molecule has 0 bridgehead atoms. The number of nitrogens with zero attached hydrogens (tertiary/aromatic N) is 3. The van der Waals surface area contributed by atoms with E-state index in [1.165, 1.54) is 42.7 Å². The molecule has 1 amide bonds. The number of amides is 1. The molecule has 1 aromatic carbocycles. The molecule has 1 aliphatic rings. The van der Waals surface area contributed by atoms with E-state index in [1.807, 2.05) is 0 Å². The number of rotatable bonds is 6. The van der Waals surface area contributed by atoms with Gasteiger partial charge in [0.05, 0.1) is 23.0 Å². The van der Waals surface area contributed by atoms with Crippen LogP contribution in [-0.4, -0.2) is 41.9 Å². The van der Waals surface area contributed by atoms with E-state index < -0.39 is 44.0 Å². The van der Waals surface area contributed by atoms with Gasteiger partial charge >= 0.3 is 6.18 Å². The molecule has 9 nitrogen and oxygen atoms in total. The molecule has 37 heavy (non-hydrogen) atoms. The van der Waals surface area contributed by atoms with Gasteiger partial charge in [-0.2, -0.15) is 13.2 Å². The number of aromatic nitrogens is 3. The Morgan fingerprint density at radius 1 is 1.14 bits per heavy atom. The highest BCUT2D eigenvalue weighted by Crippen LogP contribution is 2.33. The fourth-order valence-electron chi connectivity index (χ4n) is 4.07. The minimum atomic E-state index is -4.50. The maximum absolute atomic E-state index is 13.7. The minimum absolute atomic E-state index is 0.0742. The van der Waals surface area contributed by atoms with Crippen LogP contribution in [0.15, 0.2) is 70.7 Å². The number of benzene rings is 1. The van der Waals surface area contributed by atoms with Gasteiger partial charge in [-0.25, -0.2) is 18.4 Å². The number of furan rings is 1. The molecule has 0 aliphatic carbocycles. The molecule has 5 rings (SSSR count). The van der Waals surface area contributed by atoms with Crippen LogP contribution >= 0.6 is 0 Å². The number of hydrogen-bond acceptors (Lipinski definition) is 8. The summed E-state index contributed by atoms with van der Waals surface area (Å²) in [6.45, 7) is 0.623. The Morgan fingerprint density at radius 3 is 2.59 bits per heavy atom. The predicted octanol–water partition coefficient (Wildman–Crippen LogP) is 3.64. The number of carbonyl (C=O) groups is 1. The highest BCUT2D eigenvalue weighted by molar-refractivity contribution is 7.91. The molecule has 1 saturated heterocycles. The van der Waals surface area contributed by atoms with E-state index in [-0.39, 0.29) is 11.4 Å². The quantitative estimate of drug-likeness (QED) is 0.386. The first-order valence-electron chi connectivity index (χ1n) is 11.2. The summed E-state index contributed by atoms with van der Waals surface area (Å²) in [5.74, 6) is -0.529. The molecule has 1 aliphatic heterocycles. The lowest BCUT2D eigenvalue weighted by atomic mass is 10.1. The normalized spacial score (nSPS) is 17.1. The van der Waals surface area contributed by atoms with E-state index >= 15 is 0 Å². The summed E-state index contributed by atoms with van der Waals surface area (Å²) < 4.78 is 71.9. The third-order valence-corrected chi connectivity index (χ3v) is 7.74. The maximum atomic E-state index is 13.7. The molecule has 13 heteroatoms. The van der Waals surface area contributed by atoms with Gasteiger partial charge in [-0.15, -0.1) is 0 Å². The lowest BCUT2D eigenvalue weighted by molar-refractivity contribution is -0.137. The average molecular weight is 532 g/mol. The molecular formula is C24H20F3N5O4S. The van der Waals surface area contributed by atoms with Crippen LogP contribution in [0, 0.1) is 0 Å². The summed E-state index contributed by atoms with van der Waals surface area (Å²) in [7, 11) is -4.36. The smallest absolute Gasteiger partial charge is 0.416 e. The largest absolute Gasteiger partial charge is 0.444 e. The van der Waals surface area contributed by atoms with E-state index in [2.05, 4.69) is 25.6 Å². The van der Waals surface area contributed by atoms with Crippen molar-refractivity contribution < 1.29 is 30.8 Å². The standard InChI is InChI=1S/C24H20F3N5O4S/c25-24(26,27)16-5-3-14(4-6-16)18-11-19(31-13-30-18)23(32-22(33)17-2-1-8-29-17)37(34,35)21-10-15-12-28-9-7-20(15)36-21/h3-7,9-13,17,23,29H,1-2,8H2,(H,32,33)/t17?,23-/m0/s1. The molecular weight excluding hydrogens is 511 g/mol. The van der Waals surface area contributed by atoms with Crippen LogP contribution in [0.2, 0.25) is 0 Å². The number of alkyl halides is 3. The van der Waals surface area contributed by atoms with E-state index in [4.69, 9.17) is 4.42 Å². The first-order chi connectivity index (χ1) is 17.6. The summed E-state index contributed by atoms with van der Waals surface area (Å²) in [5.41, 5.74) is -0.117. The Kier molecular flexibility index (Phi) is 6.42. The zero-order valence-corrected chi connectivity index (χ0v) is 19.9. The summed E-state index contributed by atoms with van der Waals surface area (Å²) >= 11 is 0. The van der Waals surface area contributed by atoms with Gasteiger partial charge in [0.25, 0.3) is 0 Å². The molecule has 1 unspecified atom stereocenters. The van der Waals surface area contributed by atoms with E-state index in [0.717, 1.165) is 24.9 Å². The lowest BCUT2D eigenvalue weighted by Crippen LogP contribution is -2.44. The van der Waals surface area contributed by atoms with Crippen molar-refractivity contribution in [3.05, 3.63) is 72.4 Å². The van der Waals surface area contributed by atoms with Crippen molar-refractivity contribution >= 4 is 26.7 Å². The van der Waals surface area contributed by atoms with Crippen molar-refractivity contribution in [2.24, 2.45) is 0 Å². The van der Waals surface area contributed by atoms with Crippen molar-refractivity contribution in [1.82, 2.24) is 25.6 Å². The highest BCUT2D eigenvalue weighted by Gasteiger charge is 2.37. The Labute approximate surface area is 209 Å². The van der Waals surface area contributed by atoms with Crippen molar-refractivity contribution in [3.63, 3.8) is 0 Å². The Bertz CT molecular complexity index is 1520. The van der Waals surface area contributed by atoms with Crippen LogP contribution < -0.4 is 10.6 Å². The second kappa shape index (κ2) is 9.56. The van der Waals surface area contributed by atoms with Gasteiger partial charge in [-0.1, -0.05) is 12.1 Å². The molecule has 0 saturated carbocycles. The third kappa shape index (κ3) is 5.04. The van der Waals surface area contributed by atoms with Crippen molar-refractivity contribution in [3.8, 4) is 11.3 Å². The molecule has 1 fully saturated rings.